The van der Waals surface area contributed by atoms with E-state index in [1.54, 1.807) is 0 Å². The molecule has 1 heterocycles. The van der Waals surface area contributed by atoms with Crippen molar-refractivity contribution in [2.75, 3.05) is 6.61 Å². The first-order valence-corrected chi connectivity index (χ1v) is 6.83. The van der Waals surface area contributed by atoms with Gasteiger partial charge in [-0.3, -0.25) is 4.79 Å². The average Bonchev–Trinajstić information content (AvgIpc) is 2.39. The van der Waals surface area contributed by atoms with Gasteiger partial charge in [-0.25, -0.2) is 0 Å². The monoisotopic (exact) mass is 276 g/mol. The molecule has 0 amide bonds. The Bertz CT molecular complexity index is 280. The van der Waals surface area contributed by atoms with Crippen LogP contribution in [0, 0.1) is 0 Å². The Morgan fingerprint density at radius 2 is 1.68 bits per heavy atom. The molecule has 5 atom stereocenters. The third-order valence-corrected chi connectivity index (χ3v) is 3.48. The van der Waals surface area contributed by atoms with Crippen LogP contribution in [-0.4, -0.2) is 63.3 Å². The van der Waals surface area contributed by atoms with E-state index in [4.69, 9.17) is 9.84 Å². The highest BCUT2D eigenvalue weighted by Gasteiger charge is 2.43. The molecule has 0 aromatic rings. The lowest BCUT2D eigenvalue weighted by atomic mass is 9.92. The van der Waals surface area contributed by atoms with Crippen LogP contribution in [0.5, 0.6) is 0 Å². The maximum Gasteiger partial charge on any atom is 0.135 e. The zero-order valence-corrected chi connectivity index (χ0v) is 11.2. The molecular formula is C13H24O6. The van der Waals surface area contributed by atoms with E-state index in [0.717, 1.165) is 19.3 Å². The predicted molar refractivity (Wildman–Crippen MR) is 67.5 cm³/mol. The van der Waals surface area contributed by atoms with Crippen LogP contribution >= 0.6 is 0 Å². The largest absolute Gasteiger partial charge is 0.394 e. The van der Waals surface area contributed by atoms with Crippen LogP contribution in [0.2, 0.25) is 0 Å². The smallest absolute Gasteiger partial charge is 0.135 e. The molecule has 1 unspecified atom stereocenters. The number of rotatable bonds is 7. The number of hydrogen-bond donors (Lipinski definition) is 4. The van der Waals surface area contributed by atoms with E-state index in [1.807, 2.05) is 6.92 Å². The van der Waals surface area contributed by atoms with E-state index >= 15 is 0 Å². The number of carbonyl (C=O) groups is 1. The van der Waals surface area contributed by atoms with Crippen molar-refractivity contribution in [3.8, 4) is 0 Å². The van der Waals surface area contributed by atoms with Gasteiger partial charge in [0.25, 0.3) is 0 Å². The van der Waals surface area contributed by atoms with Crippen LogP contribution in [0.1, 0.15) is 39.0 Å². The number of Topliss-reactive ketones (excluding diaryl/α,β-unsaturated/α-hetero) is 1. The Morgan fingerprint density at radius 3 is 2.26 bits per heavy atom. The van der Waals surface area contributed by atoms with Crippen molar-refractivity contribution < 1.29 is 30.0 Å². The van der Waals surface area contributed by atoms with E-state index in [0.29, 0.717) is 6.42 Å². The second-order valence-electron chi connectivity index (χ2n) is 5.07. The van der Waals surface area contributed by atoms with Crippen molar-refractivity contribution in [2.24, 2.45) is 0 Å². The van der Waals surface area contributed by atoms with Gasteiger partial charge in [-0.1, -0.05) is 19.8 Å². The summed E-state index contributed by atoms with van der Waals surface area (Å²) in [5.74, 6) is -0.0437. The molecule has 0 radical (unpaired) electrons. The summed E-state index contributed by atoms with van der Waals surface area (Å²) < 4.78 is 5.28. The number of unbranched alkanes of at least 4 members (excludes halogenated alkanes) is 2. The number of hydrogen-bond acceptors (Lipinski definition) is 6. The molecule has 1 aliphatic rings. The molecule has 1 aliphatic heterocycles. The minimum Gasteiger partial charge on any atom is -0.394 e. The summed E-state index contributed by atoms with van der Waals surface area (Å²) in [4.78, 5) is 11.7. The molecule has 0 aromatic heterocycles. The lowest BCUT2D eigenvalue weighted by Crippen LogP contribution is -2.58. The molecule has 19 heavy (non-hydrogen) atoms. The van der Waals surface area contributed by atoms with Crippen LogP contribution in [-0.2, 0) is 9.53 Å². The molecule has 112 valence electrons. The molecule has 0 saturated carbocycles. The highest BCUT2D eigenvalue weighted by Crippen LogP contribution is 2.23. The molecule has 0 bridgehead atoms. The van der Waals surface area contributed by atoms with E-state index in [9.17, 15) is 20.1 Å². The van der Waals surface area contributed by atoms with E-state index in [2.05, 4.69) is 0 Å². The zero-order valence-electron chi connectivity index (χ0n) is 11.2. The second kappa shape index (κ2) is 7.91. The Balaban J connectivity index is 2.49. The molecule has 1 rings (SSSR count). The Morgan fingerprint density at radius 1 is 1.05 bits per heavy atom. The maximum absolute atomic E-state index is 11.7. The van der Waals surface area contributed by atoms with Crippen molar-refractivity contribution in [1.29, 1.82) is 0 Å². The Kier molecular flexibility index (Phi) is 6.88. The Hall–Kier alpha value is -0.530. The zero-order chi connectivity index (χ0) is 14.4. The summed E-state index contributed by atoms with van der Waals surface area (Å²) in [5, 5.41) is 38.0. The van der Waals surface area contributed by atoms with Crippen LogP contribution in [0.15, 0.2) is 0 Å². The van der Waals surface area contributed by atoms with E-state index in [-0.39, 0.29) is 12.2 Å². The topological polar surface area (TPSA) is 107 Å². The van der Waals surface area contributed by atoms with Gasteiger partial charge in [0.1, 0.15) is 30.2 Å². The van der Waals surface area contributed by atoms with Crippen LogP contribution < -0.4 is 0 Å². The molecule has 1 fully saturated rings. The Labute approximate surface area is 113 Å². The summed E-state index contributed by atoms with van der Waals surface area (Å²) in [6.45, 7) is 1.58. The van der Waals surface area contributed by atoms with Crippen molar-refractivity contribution in [3.63, 3.8) is 0 Å². The van der Waals surface area contributed by atoms with Gasteiger partial charge in [0.2, 0.25) is 0 Å². The third kappa shape index (κ3) is 4.50. The molecule has 0 aliphatic carbocycles. The minimum absolute atomic E-state index is 0.00877. The van der Waals surface area contributed by atoms with Crippen molar-refractivity contribution >= 4 is 5.78 Å². The molecule has 6 heteroatoms. The molecule has 0 aromatic carbocycles. The summed E-state index contributed by atoms with van der Waals surface area (Å²) in [7, 11) is 0. The fourth-order valence-electron chi connectivity index (χ4n) is 2.25. The van der Waals surface area contributed by atoms with Gasteiger partial charge < -0.3 is 25.2 Å². The van der Waals surface area contributed by atoms with Gasteiger partial charge in [0, 0.05) is 12.8 Å². The third-order valence-electron chi connectivity index (χ3n) is 3.48. The van der Waals surface area contributed by atoms with Gasteiger partial charge in [0.05, 0.1) is 12.7 Å². The summed E-state index contributed by atoms with van der Waals surface area (Å²) in [5.41, 5.74) is 0. The first-order chi connectivity index (χ1) is 9.01. The van der Waals surface area contributed by atoms with E-state index in [1.165, 1.54) is 0 Å². The van der Waals surface area contributed by atoms with Crippen molar-refractivity contribution in [2.45, 2.75) is 69.5 Å². The highest BCUT2D eigenvalue weighted by atomic mass is 16.5. The second-order valence-corrected chi connectivity index (χ2v) is 5.07. The summed E-state index contributed by atoms with van der Waals surface area (Å²) in [6, 6.07) is 0. The lowest BCUT2D eigenvalue weighted by molar-refractivity contribution is -0.229. The first kappa shape index (κ1) is 16.5. The lowest BCUT2D eigenvalue weighted by Gasteiger charge is -2.39. The molecule has 4 N–H and O–H groups in total. The van der Waals surface area contributed by atoms with E-state index < -0.39 is 37.1 Å². The van der Waals surface area contributed by atoms with Crippen LogP contribution in [0.4, 0.5) is 0 Å². The van der Waals surface area contributed by atoms with Gasteiger partial charge in [-0.15, -0.1) is 0 Å². The molecule has 1 saturated heterocycles. The van der Waals surface area contributed by atoms with Crippen LogP contribution in [0.3, 0.4) is 0 Å². The van der Waals surface area contributed by atoms with Crippen LogP contribution in [0.25, 0.3) is 0 Å². The average molecular weight is 276 g/mol. The van der Waals surface area contributed by atoms with Gasteiger partial charge in [-0.2, -0.15) is 0 Å². The van der Waals surface area contributed by atoms with Gasteiger partial charge in [0.15, 0.2) is 0 Å². The fourth-order valence-corrected chi connectivity index (χ4v) is 2.25. The normalized spacial score (nSPS) is 35.3. The number of carbonyl (C=O) groups excluding carboxylic acids is 1. The fraction of sp³-hybridized carbons (Fsp3) is 0.923. The summed E-state index contributed by atoms with van der Waals surface area (Å²) >= 11 is 0. The SMILES string of the molecule is CCCCCC(=O)CC1O[C@H](CO)[C@@H](O)[C@H](O)[C@H]1O. The maximum atomic E-state index is 11.7. The summed E-state index contributed by atoms with van der Waals surface area (Å²) in [6.07, 6.45) is -2.69. The number of aliphatic hydroxyl groups is 4. The van der Waals surface area contributed by atoms with Crippen molar-refractivity contribution in [1.82, 2.24) is 0 Å². The molecule has 0 spiro atoms. The predicted octanol–water partition coefficient (Wildman–Crippen LogP) is -0.632. The number of ether oxygens (including phenoxy) is 1. The number of aliphatic hydroxyl groups excluding tert-OH is 4. The van der Waals surface area contributed by atoms with Gasteiger partial charge in [-0.05, 0) is 6.42 Å². The highest BCUT2D eigenvalue weighted by molar-refractivity contribution is 5.78. The minimum atomic E-state index is -1.40. The quantitative estimate of drug-likeness (QED) is 0.461. The number of ketones is 1. The van der Waals surface area contributed by atoms with Crippen molar-refractivity contribution in [3.05, 3.63) is 0 Å². The molecule has 6 nitrogen and oxygen atoms in total. The standard InChI is InChI=1S/C13H24O6/c1-2-3-4-5-8(15)6-9-11(16)13(18)12(17)10(7-14)19-9/h9-14,16-18H,2-7H2,1H3/t9?,10-,11+,12-,13-/m1/s1. The van der Waals surface area contributed by atoms with Gasteiger partial charge >= 0.3 is 0 Å². The molecular weight excluding hydrogens is 252 g/mol. The first-order valence-electron chi connectivity index (χ1n) is 6.83.